The summed E-state index contributed by atoms with van der Waals surface area (Å²) < 4.78 is 42.9. The fourth-order valence-electron chi connectivity index (χ4n) is 4.01. The highest BCUT2D eigenvalue weighted by atomic mass is 32.2. The van der Waals surface area contributed by atoms with E-state index in [0.717, 1.165) is 44.2 Å². The van der Waals surface area contributed by atoms with Gasteiger partial charge in [0, 0.05) is 32.3 Å². The van der Waals surface area contributed by atoms with Crippen LogP contribution in [0.2, 0.25) is 0 Å². The lowest BCUT2D eigenvalue weighted by molar-refractivity contribution is 0.0558. The Morgan fingerprint density at radius 3 is 2.70 bits per heavy atom. The van der Waals surface area contributed by atoms with Gasteiger partial charge in [-0.1, -0.05) is 12.5 Å². The van der Waals surface area contributed by atoms with Gasteiger partial charge in [-0.2, -0.15) is 13.1 Å². The molecule has 2 fully saturated rings. The summed E-state index contributed by atoms with van der Waals surface area (Å²) in [6.07, 6.45) is 5.16. The van der Waals surface area contributed by atoms with E-state index in [-0.39, 0.29) is 10.9 Å². The Labute approximate surface area is 164 Å². The summed E-state index contributed by atoms with van der Waals surface area (Å²) in [5, 5.41) is 0. The van der Waals surface area contributed by atoms with Gasteiger partial charge >= 0.3 is 0 Å². The summed E-state index contributed by atoms with van der Waals surface area (Å²) in [6, 6.07) is 5.20. The fourth-order valence-corrected chi connectivity index (χ4v) is 6.44. The molecular weight excluding hydrogens is 384 g/mol. The van der Waals surface area contributed by atoms with Crippen molar-refractivity contribution in [2.75, 3.05) is 39.4 Å². The summed E-state index contributed by atoms with van der Waals surface area (Å²) in [4.78, 5) is 2.66. The van der Waals surface area contributed by atoms with Crippen LogP contribution in [0.4, 0.5) is 0 Å². The molecule has 2 saturated heterocycles. The molecule has 0 unspecified atom stereocenters. The van der Waals surface area contributed by atoms with Crippen LogP contribution in [0.5, 0.6) is 0 Å². The van der Waals surface area contributed by atoms with Gasteiger partial charge in [-0.25, -0.2) is 8.42 Å². The largest absolute Gasteiger partial charge is 0.381 e. The first-order valence-electron chi connectivity index (χ1n) is 9.69. The first kappa shape index (κ1) is 19.2. The van der Waals surface area contributed by atoms with E-state index >= 15 is 0 Å². The maximum Gasteiger partial charge on any atom is 0.245 e. The molecule has 2 aliphatic heterocycles. The van der Waals surface area contributed by atoms with Gasteiger partial charge in [-0.15, -0.1) is 0 Å². The lowest BCUT2D eigenvalue weighted by atomic mass is 10.1. The third-order valence-corrected chi connectivity index (χ3v) is 8.05. The highest BCUT2D eigenvalue weighted by molar-refractivity contribution is 7.89. The van der Waals surface area contributed by atoms with Gasteiger partial charge in [0.2, 0.25) is 10.0 Å². The van der Waals surface area contributed by atoms with Gasteiger partial charge in [-0.05, 0) is 50.9 Å². The van der Waals surface area contributed by atoms with Crippen molar-refractivity contribution in [3.05, 3.63) is 18.2 Å². The van der Waals surface area contributed by atoms with Crippen LogP contribution in [0.3, 0.4) is 0 Å². The molecule has 7 nitrogen and oxygen atoms in total. The number of benzene rings is 1. The van der Waals surface area contributed by atoms with Crippen molar-refractivity contribution >= 4 is 32.8 Å². The number of rotatable bonds is 6. The zero-order valence-electron chi connectivity index (χ0n) is 15.4. The van der Waals surface area contributed by atoms with Crippen molar-refractivity contribution in [3.8, 4) is 0 Å². The highest BCUT2D eigenvalue weighted by Gasteiger charge is 2.34. The number of piperidine rings is 1. The van der Waals surface area contributed by atoms with Crippen molar-refractivity contribution in [2.45, 2.75) is 43.0 Å². The Hall–Kier alpha value is -1.13. The molecule has 2 aromatic rings. The second-order valence-corrected chi connectivity index (χ2v) is 9.64. The standard InChI is InChI=1S/C18H26N4O3S2/c23-27(24,17-6-4-5-16-18(17)20-26-19-16)22(15-7-13-25-14-8-15)12-11-21-9-2-1-3-10-21/h4-6,15H,1-3,7-14H2. The zero-order chi connectivity index (χ0) is 18.7. The van der Waals surface area contributed by atoms with Crippen LogP contribution in [-0.2, 0) is 14.8 Å². The minimum Gasteiger partial charge on any atom is -0.381 e. The van der Waals surface area contributed by atoms with Gasteiger partial charge in [0.25, 0.3) is 0 Å². The van der Waals surface area contributed by atoms with Crippen LogP contribution >= 0.6 is 11.7 Å². The maximum absolute atomic E-state index is 13.6. The predicted molar refractivity (Wildman–Crippen MR) is 105 cm³/mol. The van der Waals surface area contributed by atoms with Crippen molar-refractivity contribution in [1.82, 2.24) is 18.0 Å². The first-order valence-corrected chi connectivity index (χ1v) is 11.9. The molecule has 0 radical (unpaired) electrons. The van der Waals surface area contributed by atoms with Crippen LogP contribution in [0.1, 0.15) is 32.1 Å². The molecule has 148 valence electrons. The predicted octanol–water partition coefficient (Wildman–Crippen LogP) is 2.35. The van der Waals surface area contributed by atoms with E-state index in [9.17, 15) is 8.42 Å². The molecular formula is C18H26N4O3S2. The molecule has 0 saturated carbocycles. The molecule has 0 atom stereocenters. The van der Waals surface area contributed by atoms with E-state index < -0.39 is 10.0 Å². The molecule has 0 aliphatic carbocycles. The average Bonchev–Trinajstić information content (AvgIpc) is 3.18. The molecule has 1 aromatic carbocycles. The number of nitrogens with zero attached hydrogens (tertiary/aromatic N) is 4. The lowest BCUT2D eigenvalue weighted by Crippen LogP contribution is -2.47. The molecule has 3 heterocycles. The summed E-state index contributed by atoms with van der Waals surface area (Å²) >= 11 is 1.06. The zero-order valence-corrected chi connectivity index (χ0v) is 17.1. The Morgan fingerprint density at radius 2 is 1.93 bits per heavy atom. The Balaban J connectivity index is 1.62. The molecule has 0 amide bonds. The summed E-state index contributed by atoms with van der Waals surface area (Å²) in [6.45, 7) is 4.65. The van der Waals surface area contributed by atoms with Gasteiger partial charge in [-0.3, -0.25) is 0 Å². The fraction of sp³-hybridized carbons (Fsp3) is 0.667. The van der Waals surface area contributed by atoms with Crippen LogP contribution in [-0.4, -0.2) is 71.8 Å². The highest BCUT2D eigenvalue weighted by Crippen LogP contribution is 2.28. The second kappa shape index (κ2) is 8.48. The number of aromatic nitrogens is 2. The van der Waals surface area contributed by atoms with Crippen LogP contribution < -0.4 is 0 Å². The topological polar surface area (TPSA) is 75.6 Å². The van der Waals surface area contributed by atoms with Crippen LogP contribution in [0, 0.1) is 0 Å². The number of sulfonamides is 1. The normalized spacial score (nSPS) is 20.5. The number of hydrogen-bond acceptors (Lipinski definition) is 7. The lowest BCUT2D eigenvalue weighted by Gasteiger charge is -2.35. The average molecular weight is 411 g/mol. The number of hydrogen-bond donors (Lipinski definition) is 0. The molecule has 0 bridgehead atoms. The van der Waals surface area contributed by atoms with Crippen molar-refractivity contribution in [1.29, 1.82) is 0 Å². The van der Waals surface area contributed by atoms with E-state index in [4.69, 9.17) is 4.74 Å². The second-order valence-electron chi connectivity index (χ2n) is 7.25. The van der Waals surface area contributed by atoms with E-state index in [2.05, 4.69) is 13.6 Å². The van der Waals surface area contributed by atoms with Crippen LogP contribution in [0.15, 0.2) is 23.1 Å². The Kier molecular flexibility index (Phi) is 6.03. The third kappa shape index (κ3) is 4.17. The van der Waals surface area contributed by atoms with E-state index in [1.54, 1.807) is 16.4 Å². The SMILES string of the molecule is O=S(=O)(c1cccc2nsnc12)N(CCN1CCCCC1)C1CCOCC1. The molecule has 2 aliphatic rings. The molecule has 0 spiro atoms. The van der Waals surface area contributed by atoms with E-state index in [1.165, 1.54) is 19.3 Å². The molecule has 4 rings (SSSR count). The van der Waals surface area contributed by atoms with Gasteiger partial charge in [0.05, 0.1) is 11.7 Å². The van der Waals surface area contributed by atoms with Crippen LogP contribution in [0.25, 0.3) is 11.0 Å². The van der Waals surface area contributed by atoms with Crippen molar-refractivity contribution < 1.29 is 13.2 Å². The summed E-state index contributed by atoms with van der Waals surface area (Å²) in [5.74, 6) is 0. The number of likely N-dealkylation sites (tertiary alicyclic amines) is 1. The number of ether oxygens (including phenoxy) is 1. The Morgan fingerprint density at radius 1 is 1.15 bits per heavy atom. The molecule has 9 heteroatoms. The van der Waals surface area contributed by atoms with Gasteiger partial charge < -0.3 is 9.64 Å². The smallest absolute Gasteiger partial charge is 0.245 e. The third-order valence-electron chi connectivity index (χ3n) is 5.52. The Bertz CT molecular complexity index is 858. The van der Waals surface area contributed by atoms with E-state index in [1.807, 2.05) is 6.07 Å². The van der Waals surface area contributed by atoms with Gasteiger partial charge in [0.15, 0.2) is 0 Å². The number of fused-ring (bicyclic) bond motifs is 1. The molecule has 27 heavy (non-hydrogen) atoms. The van der Waals surface area contributed by atoms with Crippen molar-refractivity contribution in [2.24, 2.45) is 0 Å². The van der Waals surface area contributed by atoms with E-state index in [0.29, 0.717) is 30.8 Å². The van der Waals surface area contributed by atoms with Gasteiger partial charge in [0.1, 0.15) is 15.9 Å². The molecule has 0 N–H and O–H groups in total. The summed E-state index contributed by atoms with van der Waals surface area (Å²) in [7, 11) is -3.64. The quantitative estimate of drug-likeness (QED) is 0.728. The van der Waals surface area contributed by atoms with Crippen molar-refractivity contribution in [3.63, 3.8) is 0 Å². The maximum atomic E-state index is 13.6. The monoisotopic (exact) mass is 410 g/mol. The minimum absolute atomic E-state index is 0.0182. The minimum atomic E-state index is -3.64. The first-order chi connectivity index (χ1) is 13.2. The molecule has 1 aromatic heterocycles. The summed E-state index contributed by atoms with van der Waals surface area (Å²) in [5.41, 5.74) is 1.13.